The van der Waals surface area contributed by atoms with Gasteiger partial charge >= 0.3 is 0 Å². The molecule has 1 heterocycles. The Hall–Kier alpha value is -1.09. The first-order chi connectivity index (χ1) is 6.11. The normalized spacial score (nSPS) is 9.77. The Kier molecular flexibility index (Phi) is 3.25. The van der Waals surface area contributed by atoms with E-state index in [2.05, 4.69) is 21.9 Å². The number of hydrogen-bond acceptors (Lipinski definition) is 3. The van der Waals surface area contributed by atoms with Crippen LogP contribution in [0.1, 0.15) is 12.5 Å². The molecule has 0 atom stereocenters. The molecule has 0 spiro atoms. The van der Waals surface area contributed by atoms with Gasteiger partial charge in [-0.15, -0.1) is 0 Å². The molecule has 1 N–H and O–H groups in total. The lowest BCUT2D eigenvalue weighted by Gasteiger charge is -2.07. The van der Waals surface area contributed by atoms with Crippen molar-refractivity contribution in [2.75, 3.05) is 11.9 Å². The molecule has 1 aromatic heterocycles. The molecule has 0 aliphatic rings. The number of nitrogens with one attached hydrogen (secondary N) is 1. The summed E-state index contributed by atoms with van der Waals surface area (Å²) in [6.45, 7) is 8.31. The van der Waals surface area contributed by atoms with E-state index in [1.807, 2.05) is 13.8 Å². The fourth-order valence-electron chi connectivity index (χ4n) is 0.841. The molecule has 0 aliphatic heterocycles. The first-order valence-electron chi connectivity index (χ1n) is 3.96. The zero-order valence-electron chi connectivity index (χ0n) is 7.76. The van der Waals surface area contributed by atoms with Crippen LogP contribution in [0.4, 0.5) is 5.82 Å². The van der Waals surface area contributed by atoms with E-state index < -0.39 is 0 Å². The minimum atomic E-state index is 0.485. The van der Waals surface area contributed by atoms with Crippen LogP contribution >= 0.6 is 11.6 Å². The van der Waals surface area contributed by atoms with Crippen molar-refractivity contribution in [1.82, 2.24) is 9.97 Å². The predicted octanol–water partition coefficient (Wildman–Crippen LogP) is 2.43. The van der Waals surface area contributed by atoms with Gasteiger partial charge in [-0.05, 0) is 13.8 Å². The maximum Gasteiger partial charge on any atom is 0.137 e. The third-order valence-electron chi connectivity index (χ3n) is 1.58. The van der Waals surface area contributed by atoms with Crippen LogP contribution in [0.3, 0.4) is 0 Å². The molecule has 0 fully saturated rings. The van der Waals surface area contributed by atoms with E-state index in [-0.39, 0.29) is 0 Å². The van der Waals surface area contributed by atoms with Crippen LogP contribution in [-0.2, 0) is 0 Å². The Morgan fingerprint density at radius 3 is 2.92 bits per heavy atom. The van der Waals surface area contributed by atoms with Gasteiger partial charge in [0, 0.05) is 12.1 Å². The van der Waals surface area contributed by atoms with Gasteiger partial charge in [-0.25, -0.2) is 9.97 Å². The van der Waals surface area contributed by atoms with E-state index in [1.165, 1.54) is 6.33 Å². The number of halogens is 1. The van der Waals surface area contributed by atoms with E-state index >= 15 is 0 Å². The summed E-state index contributed by atoms with van der Waals surface area (Å²) in [5.74, 6) is 0.767. The molecule has 0 saturated carbocycles. The van der Waals surface area contributed by atoms with E-state index in [1.54, 1.807) is 0 Å². The summed E-state index contributed by atoms with van der Waals surface area (Å²) in [6.07, 6.45) is 1.44. The Balaban J connectivity index is 2.77. The summed E-state index contributed by atoms with van der Waals surface area (Å²) in [7, 11) is 0. The molecular formula is C9H12ClN3. The molecule has 3 nitrogen and oxygen atoms in total. The highest BCUT2D eigenvalue weighted by Gasteiger charge is 2.03. The molecule has 0 bridgehead atoms. The number of anilines is 1. The van der Waals surface area contributed by atoms with Gasteiger partial charge in [0.2, 0.25) is 0 Å². The van der Waals surface area contributed by atoms with E-state index in [0.717, 1.165) is 17.0 Å². The quantitative estimate of drug-likeness (QED) is 0.598. The van der Waals surface area contributed by atoms with Crippen molar-refractivity contribution in [3.63, 3.8) is 0 Å². The Labute approximate surface area is 82.9 Å². The van der Waals surface area contributed by atoms with Gasteiger partial charge < -0.3 is 5.32 Å². The summed E-state index contributed by atoms with van der Waals surface area (Å²) in [5.41, 5.74) is 1.92. The standard InChI is InChI=1S/C9H12ClN3/c1-6(2)4-11-9-7(3)8(10)12-5-13-9/h5H,1,4H2,2-3H3,(H,11,12,13). The van der Waals surface area contributed by atoms with Crippen molar-refractivity contribution in [1.29, 1.82) is 0 Å². The molecule has 0 unspecified atom stereocenters. The maximum atomic E-state index is 5.82. The smallest absolute Gasteiger partial charge is 0.137 e. The zero-order valence-corrected chi connectivity index (χ0v) is 8.52. The Bertz CT molecular complexity index is 323. The topological polar surface area (TPSA) is 37.8 Å². The van der Waals surface area contributed by atoms with Gasteiger partial charge in [0.15, 0.2) is 0 Å². The van der Waals surface area contributed by atoms with Crippen molar-refractivity contribution in [2.24, 2.45) is 0 Å². The molecule has 70 valence electrons. The summed E-state index contributed by atoms with van der Waals surface area (Å²) in [6, 6.07) is 0. The molecule has 1 aromatic rings. The molecule has 4 heteroatoms. The number of aromatic nitrogens is 2. The van der Waals surface area contributed by atoms with Crippen molar-refractivity contribution >= 4 is 17.4 Å². The molecule has 0 aliphatic carbocycles. The Morgan fingerprint density at radius 2 is 2.31 bits per heavy atom. The molecular weight excluding hydrogens is 186 g/mol. The second kappa shape index (κ2) is 4.23. The SMILES string of the molecule is C=C(C)CNc1ncnc(Cl)c1C. The van der Waals surface area contributed by atoms with E-state index in [9.17, 15) is 0 Å². The lowest BCUT2D eigenvalue weighted by atomic mass is 10.3. The summed E-state index contributed by atoms with van der Waals surface area (Å²) in [5, 5.41) is 3.60. The second-order valence-corrected chi connectivity index (χ2v) is 3.31. The number of rotatable bonds is 3. The average molecular weight is 198 g/mol. The van der Waals surface area contributed by atoms with Gasteiger partial charge in [0.1, 0.15) is 17.3 Å². The number of hydrogen-bond donors (Lipinski definition) is 1. The van der Waals surface area contributed by atoms with Gasteiger partial charge in [0.25, 0.3) is 0 Å². The van der Waals surface area contributed by atoms with Crippen LogP contribution in [0.5, 0.6) is 0 Å². The first kappa shape index (κ1) is 9.99. The van der Waals surface area contributed by atoms with Crippen LogP contribution < -0.4 is 5.32 Å². The molecule has 1 rings (SSSR count). The predicted molar refractivity (Wildman–Crippen MR) is 55.1 cm³/mol. The second-order valence-electron chi connectivity index (χ2n) is 2.95. The fraction of sp³-hybridized carbons (Fsp3) is 0.333. The van der Waals surface area contributed by atoms with Gasteiger partial charge in [-0.3, -0.25) is 0 Å². The largest absolute Gasteiger partial charge is 0.366 e. The van der Waals surface area contributed by atoms with Crippen LogP contribution in [0.25, 0.3) is 0 Å². The highest BCUT2D eigenvalue weighted by atomic mass is 35.5. The molecule has 0 radical (unpaired) electrons. The lowest BCUT2D eigenvalue weighted by molar-refractivity contribution is 1.09. The monoisotopic (exact) mass is 197 g/mol. The number of nitrogens with zero attached hydrogens (tertiary/aromatic N) is 2. The summed E-state index contributed by atoms with van der Waals surface area (Å²) >= 11 is 5.82. The van der Waals surface area contributed by atoms with E-state index in [0.29, 0.717) is 11.7 Å². The van der Waals surface area contributed by atoms with Gasteiger partial charge in [0.05, 0.1) is 0 Å². The molecule has 13 heavy (non-hydrogen) atoms. The van der Waals surface area contributed by atoms with Crippen molar-refractivity contribution < 1.29 is 0 Å². The lowest BCUT2D eigenvalue weighted by Crippen LogP contribution is -2.06. The fourth-order valence-corrected chi connectivity index (χ4v) is 0.975. The highest BCUT2D eigenvalue weighted by Crippen LogP contribution is 2.17. The minimum Gasteiger partial charge on any atom is -0.366 e. The van der Waals surface area contributed by atoms with Crippen LogP contribution in [-0.4, -0.2) is 16.5 Å². The zero-order chi connectivity index (χ0) is 9.84. The van der Waals surface area contributed by atoms with Crippen molar-refractivity contribution in [3.05, 3.63) is 29.2 Å². The van der Waals surface area contributed by atoms with Crippen molar-refractivity contribution in [3.8, 4) is 0 Å². The van der Waals surface area contributed by atoms with Crippen LogP contribution in [0, 0.1) is 6.92 Å². The van der Waals surface area contributed by atoms with E-state index in [4.69, 9.17) is 11.6 Å². The van der Waals surface area contributed by atoms with Gasteiger partial charge in [-0.1, -0.05) is 23.8 Å². The first-order valence-corrected chi connectivity index (χ1v) is 4.34. The minimum absolute atomic E-state index is 0.485. The van der Waals surface area contributed by atoms with Crippen LogP contribution in [0.2, 0.25) is 5.15 Å². The average Bonchev–Trinajstić information content (AvgIpc) is 2.07. The van der Waals surface area contributed by atoms with Gasteiger partial charge in [-0.2, -0.15) is 0 Å². The highest BCUT2D eigenvalue weighted by molar-refractivity contribution is 6.30. The molecule has 0 saturated heterocycles. The molecule has 0 aromatic carbocycles. The van der Waals surface area contributed by atoms with Crippen molar-refractivity contribution in [2.45, 2.75) is 13.8 Å². The van der Waals surface area contributed by atoms with Crippen LogP contribution in [0.15, 0.2) is 18.5 Å². The summed E-state index contributed by atoms with van der Waals surface area (Å²) < 4.78 is 0. The Morgan fingerprint density at radius 1 is 1.62 bits per heavy atom. The molecule has 0 amide bonds. The summed E-state index contributed by atoms with van der Waals surface area (Å²) in [4.78, 5) is 7.92. The third kappa shape index (κ3) is 2.70. The third-order valence-corrected chi connectivity index (χ3v) is 1.96. The maximum absolute atomic E-state index is 5.82.